The average Bonchev–Trinajstić information content (AvgIpc) is 3.09. The number of amides is 1. The van der Waals surface area contributed by atoms with E-state index in [1.54, 1.807) is 24.5 Å². The van der Waals surface area contributed by atoms with Gasteiger partial charge in [0, 0.05) is 24.2 Å². The van der Waals surface area contributed by atoms with Crippen molar-refractivity contribution in [3.8, 4) is 0 Å². The molecule has 1 aromatic heterocycles. The van der Waals surface area contributed by atoms with Crippen molar-refractivity contribution >= 4 is 35.2 Å². The van der Waals surface area contributed by atoms with Crippen LogP contribution in [0.3, 0.4) is 0 Å². The molecule has 1 amide bonds. The lowest BCUT2D eigenvalue weighted by molar-refractivity contribution is -0.111. The molecule has 0 atom stereocenters. The van der Waals surface area contributed by atoms with E-state index < -0.39 is 0 Å². The summed E-state index contributed by atoms with van der Waals surface area (Å²) in [5.74, 6) is 0.467. The number of halogens is 1. The summed E-state index contributed by atoms with van der Waals surface area (Å²) in [4.78, 5) is 22.7. The highest BCUT2D eigenvalue weighted by Crippen LogP contribution is 2.17. The lowest BCUT2D eigenvalue weighted by Crippen LogP contribution is -2.20. The molecule has 118 valence electrons. The van der Waals surface area contributed by atoms with Gasteiger partial charge in [-0.05, 0) is 30.5 Å². The lowest BCUT2D eigenvalue weighted by atomic mass is 10.2. The Balaban J connectivity index is 1.60. The molecule has 1 fully saturated rings. The first-order valence-electron chi connectivity index (χ1n) is 7.53. The van der Waals surface area contributed by atoms with Gasteiger partial charge in [-0.15, -0.1) is 0 Å². The zero-order chi connectivity index (χ0) is 16.1. The summed E-state index contributed by atoms with van der Waals surface area (Å²) in [5, 5.41) is 3.34. The minimum absolute atomic E-state index is 0.248. The van der Waals surface area contributed by atoms with Gasteiger partial charge in [-0.25, -0.2) is 9.97 Å². The monoisotopic (exact) mass is 328 g/mol. The first kappa shape index (κ1) is 15.5. The molecule has 2 heterocycles. The van der Waals surface area contributed by atoms with E-state index >= 15 is 0 Å². The average molecular weight is 329 g/mol. The second-order valence-electron chi connectivity index (χ2n) is 5.31. The Morgan fingerprint density at radius 1 is 1.17 bits per heavy atom. The summed E-state index contributed by atoms with van der Waals surface area (Å²) in [5.41, 5.74) is 1.37. The van der Waals surface area contributed by atoms with Crippen LogP contribution < -0.4 is 10.2 Å². The van der Waals surface area contributed by atoms with Crippen molar-refractivity contribution in [1.29, 1.82) is 0 Å². The van der Waals surface area contributed by atoms with Gasteiger partial charge in [0.05, 0.1) is 18.1 Å². The van der Waals surface area contributed by atoms with E-state index in [0.717, 1.165) is 18.7 Å². The number of hydrogen-bond acceptors (Lipinski definition) is 4. The van der Waals surface area contributed by atoms with Gasteiger partial charge in [0.2, 0.25) is 11.9 Å². The third kappa shape index (κ3) is 4.07. The predicted molar refractivity (Wildman–Crippen MR) is 92.6 cm³/mol. The highest BCUT2D eigenvalue weighted by Gasteiger charge is 2.14. The maximum absolute atomic E-state index is 11.9. The summed E-state index contributed by atoms with van der Waals surface area (Å²) in [6.45, 7) is 1.98. The number of rotatable bonds is 4. The summed E-state index contributed by atoms with van der Waals surface area (Å²) in [6, 6.07) is 7.34. The number of carbonyl (C=O) groups is 1. The van der Waals surface area contributed by atoms with Crippen molar-refractivity contribution in [2.24, 2.45) is 0 Å². The molecule has 2 aromatic rings. The third-order valence-corrected chi connectivity index (χ3v) is 3.96. The van der Waals surface area contributed by atoms with E-state index in [0.29, 0.717) is 16.7 Å². The molecular formula is C17H17ClN4O. The molecule has 0 spiro atoms. The number of nitrogens with zero attached hydrogens (tertiary/aromatic N) is 3. The zero-order valence-electron chi connectivity index (χ0n) is 12.6. The molecule has 1 aromatic carbocycles. The van der Waals surface area contributed by atoms with Crippen LogP contribution in [0.25, 0.3) is 6.08 Å². The van der Waals surface area contributed by atoms with Crippen LogP contribution in [0.2, 0.25) is 5.02 Å². The first-order chi connectivity index (χ1) is 11.2. The zero-order valence-corrected chi connectivity index (χ0v) is 13.3. The van der Waals surface area contributed by atoms with Gasteiger partial charge in [0.25, 0.3) is 0 Å². The summed E-state index contributed by atoms with van der Waals surface area (Å²) < 4.78 is 0. The van der Waals surface area contributed by atoms with Gasteiger partial charge in [-0.1, -0.05) is 29.8 Å². The van der Waals surface area contributed by atoms with Crippen molar-refractivity contribution < 1.29 is 4.79 Å². The third-order valence-electron chi connectivity index (χ3n) is 3.61. The lowest BCUT2D eigenvalue weighted by Gasteiger charge is -2.14. The second kappa shape index (κ2) is 7.24. The fraction of sp³-hybridized carbons (Fsp3) is 0.235. The Morgan fingerprint density at radius 2 is 1.87 bits per heavy atom. The molecule has 0 saturated carbocycles. The van der Waals surface area contributed by atoms with Gasteiger partial charge in [0.1, 0.15) is 0 Å². The van der Waals surface area contributed by atoms with E-state index in [1.807, 2.05) is 18.2 Å². The Bertz CT molecular complexity index is 709. The van der Waals surface area contributed by atoms with Crippen molar-refractivity contribution in [2.75, 3.05) is 23.3 Å². The maximum atomic E-state index is 11.9. The minimum atomic E-state index is -0.248. The maximum Gasteiger partial charge on any atom is 0.248 e. The Kier molecular flexibility index (Phi) is 4.88. The van der Waals surface area contributed by atoms with Crippen LogP contribution in [0.1, 0.15) is 18.4 Å². The van der Waals surface area contributed by atoms with E-state index in [2.05, 4.69) is 20.2 Å². The molecule has 0 radical (unpaired) electrons. The number of aromatic nitrogens is 2. The van der Waals surface area contributed by atoms with Crippen molar-refractivity contribution in [3.05, 3.63) is 53.3 Å². The summed E-state index contributed by atoms with van der Waals surface area (Å²) >= 11 is 6.04. The van der Waals surface area contributed by atoms with Gasteiger partial charge in [-0.2, -0.15) is 0 Å². The van der Waals surface area contributed by atoms with Crippen LogP contribution in [-0.4, -0.2) is 29.0 Å². The van der Waals surface area contributed by atoms with E-state index in [9.17, 15) is 4.79 Å². The molecule has 0 aliphatic carbocycles. The van der Waals surface area contributed by atoms with Crippen LogP contribution >= 0.6 is 11.6 Å². The molecule has 1 N–H and O–H groups in total. The molecule has 23 heavy (non-hydrogen) atoms. The molecule has 5 nitrogen and oxygen atoms in total. The van der Waals surface area contributed by atoms with Gasteiger partial charge in [-0.3, -0.25) is 4.79 Å². The van der Waals surface area contributed by atoms with Crippen molar-refractivity contribution in [3.63, 3.8) is 0 Å². The van der Waals surface area contributed by atoms with Gasteiger partial charge >= 0.3 is 0 Å². The number of anilines is 2. The molecule has 1 aliphatic heterocycles. The number of benzene rings is 1. The van der Waals surface area contributed by atoms with E-state index in [-0.39, 0.29) is 5.91 Å². The van der Waals surface area contributed by atoms with E-state index in [4.69, 9.17) is 11.6 Å². The van der Waals surface area contributed by atoms with Crippen LogP contribution in [0.15, 0.2) is 42.7 Å². The fourth-order valence-electron chi connectivity index (χ4n) is 2.43. The Hall–Kier alpha value is -2.40. The van der Waals surface area contributed by atoms with Crippen LogP contribution in [0.4, 0.5) is 11.6 Å². The largest absolute Gasteiger partial charge is 0.341 e. The van der Waals surface area contributed by atoms with Gasteiger partial charge < -0.3 is 10.2 Å². The predicted octanol–water partition coefficient (Wildman–Crippen LogP) is 3.38. The van der Waals surface area contributed by atoms with Crippen molar-refractivity contribution in [1.82, 2.24) is 9.97 Å². The van der Waals surface area contributed by atoms with Crippen molar-refractivity contribution in [2.45, 2.75) is 12.8 Å². The van der Waals surface area contributed by atoms with E-state index in [1.165, 1.54) is 18.9 Å². The first-order valence-corrected chi connectivity index (χ1v) is 7.91. The highest BCUT2D eigenvalue weighted by atomic mass is 35.5. The van der Waals surface area contributed by atoms with Gasteiger partial charge in [0.15, 0.2) is 0 Å². The summed E-state index contributed by atoms with van der Waals surface area (Å²) in [6.07, 6.45) is 8.72. The number of nitrogens with one attached hydrogen (secondary N) is 1. The smallest absolute Gasteiger partial charge is 0.248 e. The molecule has 6 heteroatoms. The number of hydrogen-bond donors (Lipinski definition) is 1. The Labute approximate surface area is 140 Å². The quantitative estimate of drug-likeness (QED) is 0.874. The number of carbonyl (C=O) groups excluding carboxylic acids is 1. The van der Waals surface area contributed by atoms with Crippen LogP contribution in [0, 0.1) is 0 Å². The van der Waals surface area contributed by atoms with Crippen LogP contribution in [0.5, 0.6) is 0 Å². The van der Waals surface area contributed by atoms with Crippen LogP contribution in [-0.2, 0) is 4.79 Å². The topological polar surface area (TPSA) is 58.1 Å². The highest BCUT2D eigenvalue weighted by molar-refractivity contribution is 6.32. The molecule has 1 saturated heterocycles. The molecule has 0 bridgehead atoms. The summed E-state index contributed by atoms with van der Waals surface area (Å²) in [7, 11) is 0. The normalized spacial score (nSPS) is 14.4. The molecule has 1 aliphatic rings. The SMILES string of the molecule is O=C(/C=C/c1ccccc1Cl)Nc1cnc(N2CCCC2)nc1. The molecule has 0 unspecified atom stereocenters. The second-order valence-corrected chi connectivity index (χ2v) is 5.72. The fourth-order valence-corrected chi connectivity index (χ4v) is 2.62. The standard InChI is InChI=1S/C17H17ClN4O/c18-15-6-2-1-5-13(15)7-8-16(23)21-14-11-19-17(20-12-14)22-9-3-4-10-22/h1-2,5-8,11-12H,3-4,9-10H2,(H,21,23)/b8-7+. The molecular weight excluding hydrogens is 312 g/mol. The molecule has 3 rings (SSSR count). The minimum Gasteiger partial charge on any atom is -0.341 e. The Morgan fingerprint density at radius 3 is 2.57 bits per heavy atom.